The summed E-state index contributed by atoms with van der Waals surface area (Å²) < 4.78 is 1.65. The Bertz CT molecular complexity index is 518. The van der Waals surface area contributed by atoms with Crippen molar-refractivity contribution in [3.63, 3.8) is 0 Å². The fourth-order valence-corrected chi connectivity index (χ4v) is 3.25. The number of amides is 1. The van der Waals surface area contributed by atoms with E-state index >= 15 is 0 Å². The number of hydrogen-bond donors (Lipinski definition) is 2. The summed E-state index contributed by atoms with van der Waals surface area (Å²) in [7, 11) is 1.81. The summed E-state index contributed by atoms with van der Waals surface area (Å²) >= 11 is 0. The van der Waals surface area contributed by atoms with Crippen LogP contribution in [0.5, 0.6) is 0 Å². The fourth-order valence-electron chi connectivity index (χ4n) is 3.25. The molecule has 1 aromatic rings. The maximum absolute atomic E-state index is 12.7. The van der Waals surface area contributed by atoms with Crippen LogP contribution in [0.3, 0.4) is 0 Å². The van der Waals surface area contributed by atoms with E-state index in [9.17, 15) is 9.90 Å². The second-order valence-corrected chi connectivity index (χ2v) is 7.18. The van der Waals surface area contributed by atoms with Crippen molar-refractivity contribution >= 4 is 5.91 Å². The molecule has 0 saturated carbocycles. The SMILES string of the molecule is CC(C)[C@H](C(=O)NC[C@@](C)(O)c1cnn(C)c1)N1CCCCC1. The van der Waals surface area contributed by atoms with E-state index in [0.717, 1.165) is 25.9 Å². The summed E-state index contributed by atoms with van der Waals surface area (Å²) in [6, 6.07) is -0.125. The van der Waals surface area contributed by atoms with Crippen LogP contribution in [0.15, 0.2) is 12.4 Å². The fraction of sp³-hybridized carbons (Fsp3) is 0.765. The van der Waals surface area contributed by atoms with Gasteiger partial charge in [0.15, 0.2) is 0 Å². The van der Waals surface area contributed by atoms with Gasteiger partial charge in [-0.25, -0.2) is 0 Å². The van der Waals surface area contributed by atoms with Gasteiger partial charge in [0, 0.05) is 18.8 Å². The Kier molecular flexibility index (Phi) is 5.81. The number of hydrogen-bond acceptors (Lipinski definition) is 4. The normalized spacial score (nSPS) is 20.3. The Morgan fingerprint density at radius 1 is 1.39 bits per heavy atom. The molecule has 0 aliphatic carbocycles. The van der Waals surface area contributed by atoms with Crippen molar-refractivity contribution in [3.05, 3.63) is 18.0 Å². The van der Waals surface area contributed by atoms with Gasteiger partial charge in [-0.05, 0) is 38.8 Å². The summed E-state index contributed by atoms with van der Waals surface area (Å²) in [5.74, 6) is 0.252. The highest BCUT2D eigenvalue weighted by Gasteiger charge is 2.32. The van der Waals surface area contributed by atoms with Crippen molar-refractivity contribution in [2.45, 2.75) is 51.7 Å². The van der Waals surface area contributed by atoms with Crippen LogP contribution in [0.25, 0.3) is 0 Å². The second kappa shape index (κ2) is 7.45. The van der Waals surface area contributed by atoms with Crippen LogP contribution in [-0.4, -0.2) is 51.4 Å². The first-order valence-corrected chi connectivity index (χ1v) is 8.54. The molecule has 1 aliphatic rings. The van der Waals surface area contributed by atoms with Gasteiger partial charge in [0.2, 0.25) is 5.91 Å². The average Bonchev–Trinajstić information content (AvgIpc) is 2.94. The molecule has 1 fully saturated rings. The molecular formula is C17H30N4O2. The molecule has 2 heterocycles. The van der Waals surface area contributed by atoms with Crippen LogP contribution >= 0.6 is 0 Å². The third-order valence-electron chi connectivity index (χ3n) is 4.62. The van der Waals surface area contributed by atoms with Crippen molar-refractivity contribution in [2.24, 2.45) is 13.0 Å². The van der Waals surface area contributed by atoms with Crippen molar-refractivity contribution < 1.29 is 9.90 Å². The predicted octanol–water partition coefficient (Wildman–Crippen LogP) is 1.25. The maximum Gasteiger partial charge on any atom is 0.237 e. The van der Waals surface area contributed by atoms with Gasteiger partial charge < -0.3 is 10.4 Å². The number of likely N-dealkylation sites (tertiary alicyclic amines) is 1. The molecule has 2 rings (SSSR count). The molecule has 130 valence electrons. The standard InChI is InChI=1S/C17H30N4O2/c1-13(2)15(21-8-6-5-7-9-21)16(22)18-12-17(3,23)14-10-19-20(4)11-14/h10-11,13,15,23H,5-9,12H2,1-4H3,(H,18,22)/t15-,17-/m1/s1. The topological polar surface area (TPSA) is 70.4 Å². The minimum absolute atomic E-state index is 0.00562. The van der Waals surface area contributed by atoms with Crippen molar-refractivity contribution in [1.29, 1.82) is 0 Å². The quantitative estimate of drug-likeness (QED) is 0.827. The lowest BCUT2D eigenvalue weighted by Crippen LogP contribution is -2.53. The number of nitrogens with zero attached hydrogens (tertiary/aromatic N) is 3. The van der Waals surface area contributed by atoms with Gasteiger partial charge in [-0.2, -0.15) is 5.10 Å². The van der Waals surface area contributed by atoms with Crippen LogP contribution in [-0.2, 0) is 17.4 Å². The van der Waals surface area contributed by atoms with E-state index in [1.165, 1.54) is 6.42 Å². The first-order valence-electron chi connectivity index (χ1n) is 8.54. The third kappa shape index (κ3) is 4.54. The molecule has 1 aliphatic heterocycles. The summed E-state index contributed by atoms with van der Waals surface area (Å²) in [5, 5.41) is 17.6. The first-order chi connectivity index (χ1) is 10.8. The molecule has 1 aromatic heterocycles. The van der Waals surface area contributed by atoms with Gasteiger partial charge in [0.05, 0.1) is 18.8 Å². The Morgan fingerprint density at radius 2 is 2.04 bits per heavy atom. The molecule has 1 amide bonds. The minimum Gasteiger partial charge on any atom is -0.383 e. The van der Waals surface area contributed by atoms with Crippen molar-refractivity contribution in [3.8, 4) is 0 Å². The summed E-state index contributed by atoms with van der Waals surface area (Å²) in [4.78, 5) is 15.0. The van der Waals surface area contributed by atoms with Gasteiger partial charge in [0.1, 0.15) is 5.60 Å². The zero-order valence-corrected chi connectivity index (χ0v) is 14.7. The first kappa shape index (κ1) is 17.9. The van der Waals surface area contributed by atoms with Crippen molar-refractivity contribution in [2.75, 3.05) is 19.6 Å². The highest BCUT2D eigenvalue weighted by atomic mass is 16.3. The average molecular weight is 322 g/mol. The number of carbonyl (C=O) groups is 1. The van der Waals surface area contributed by atoms with Gasteiger partial charge in [-0.15, -0.1) is 0 Å². The van der Waals surface area contributed by atoms with Gasteiger partial charge >= 0.3 is 0 Å². The van der Waals surface area contributed by atoms with Crippen LogP contribution in [0.2, 0.25) is 0 Å². The van der Waals surface area contributed by atoms with E-state index in [1.54, 1.807) is 24.0 Å². The van der Waals surface area contributed by atoms with E-state index in [1.807, 2.05) is 7.05 Å². The molecule has 23 heavy (non-hydrogen) atoms. The lowest BCUT2D eigenvalue weighted by molar-refractivity contribution is -0.129. The second-order valence-electron chi connectivity index (χ2n) is 7.18. The molecule has 0 bridgehead atoms. The van der Waals surface area contributed by atoms with E-state index < -0.39 is 5.60 Å². The summed E-state index contributed by atoms with van der Waals surface area (Å²) in [6.45, 7) is 8.02. The molecule has 6 heteroatoms. The predicted molar refractivity (Wildman–Crippen MR) is 89.8 cm³/mol. The van der Waals surface area contributed by atoms with Crippen molar-refractivity contribution in [1.82, 2.24) is 20.0 Å². The smallest absolute Gasteiger partial charge is 0.237 e. The lowest BCUT2D eigenvalue weighted by Gasteiger charge is -2.36. The summed E-state index contributed by atoms with van der Waals surface area (Å²) in [6.07, 6.45) is 6.97. The highest BCUT2D eigenvalue weighted by Crippen LogP contribution is 2.20. The molecule has 0 spiro atoms. The van der Waals surface area contributed by atoms with Crippen LogP contribution in [0, 0.1) is 5.92 Å². The Morgan fingerprint density at radius 3 is 2.57 bits per heavy atom. The van der Waals surface area contributed by atoms with Gasteiger partial charge in [0.25, 0.3) is 0 Å². The third-order valence-corrected chi connectivity index (χ3v) is 4.62. The molecule has 0 aromatic carbocycles. The summed E-state index contributed by atoms with van der Waals surface area (Å²) in [5.41, 5.74) is -0.410. The molecule has 2 atom stereocenters. The van der Waals surface area contributed by atoms with Crippen LogP contribution < -0.4 is 5.32 Å². The van der Waals surface area contributed by atoms with Crippen LogP contribution in [0.4, 0.5) is 0 Å². The van der Waals surface area contributed by atoms with Gasteiger partial charge in [-0.1, -0.05) is 20.3 Å². The minimum atomic E-state index is -1.12. The lowest BCUT2D eigenvalue weighted by atomic mass is 9.96. The Balaban J connectivity index is 1.98. The number of aryl methyl sites for hydroxylation is 1. The maximum atomic E-state index is 12.7. The number of aromatic nitrogens is 2. The van der Waals surface area contributed by atoms with E-state index in [4.69, 9.17) is 0 Å². The molecule has 6 nitrogen and oxygen atoms in total. The molecular weight excluding hydrogens is 292 g/mol. The van der Waals surface area contributed by atoms with E-state index in [-0.39, 0.29) is 24.4 Å². The molecule has 1 saturated heterocycles. The monoisotopic (exact) mass is 322 g/mol. The number of piperidine rings is 1. The number of rotatable bonds is 6. The number of aliphatic hydroxyl groups is 1. The molecule has 2 N–H and O–H groups in total. The zero-order valence-electron chi connectivity index (χ0n) is 14.7. The van der Waals surface area contributed by atoms with Crippen LogP contribution in [0.1, 0.15) is 45.6 Å². The Hall–Kier alpha value is -1.40. The van der Waals surface area contributed by atoms with E-state index in [2.05, 4.69) is 29.2 Å². The number of nitrogens with one attached hydrogen (secondary N) is 1. The molecule has 0 radical (unpaired) electrons. The highest BCUT2D eigenvalue weighted by molar-refractivity contribution is 5.82. The van der Waals surface area contributed by atoms with Gasteiger partial charge in [-0.3, -0.25) is 14.4 Å². The Labute approximate surface area is 138 Å². The largest absolute Gasteiger partial charge is 0.383 e. The zero-order chi connectivity index (χ0) is 17.0. The van der Waals surface area contributed by atoms with E-state index in [0.29, 0.717) is 5.56 Å². The molecule has 0 unspecified atom stereocenters. The number of carbonyl (C=O) groups excluding carboxylic acids is 1.